The number of benzene rings is 1. The van der Waals surface area contributed by atoms with Crippen LogP contribution in [0, 0.1) is 0 Å². The highest BCUT2D eigenvalue weighted by atomic mass is 35.5. The maximum absolute atomic E-state index is 11.2. The Morgan fingerprint density at radius 2 is 2.17 bits per heavy atom. The molecule has 6 heteroatoms. The Kier molecular flexibility index (Phi) is 9.46. The van der Waals surface area contributed by atoms with E-state index in [-0.39, 0.29) is 18.3 Å². The molecule has 0 aliphatic heterocycles. The summed E-state index contributed by atoms with van der Waals surface area (Å²) < 4.78 is 5.43. The molecule has 0 spiro atoms. The second-order valence-corrected chi connectivity index (χ2v) is 3.95. The Morgan fingerprint density at radius 1 is 1.39 bits per heavy atom. The van der Waals surface area contributed by atoms with E-state index in [2.05, 4.69) is 10.6 Å². The summed E-state index contributed by atoms with van der Waals surface area (Å²) in [5, 5.41) is 6.32. The summed E-state index contributed by atoms with van der Waals surface area (Å²) in [6.07, 6.45) is 0.480. The molecule has 0 unspecified atom stereocenters. The first kappa shape index (κ1) is 17.0. The summed E-state index contributed by atoms with van der Waals surface area (Å²) in [5.41, 5.74) is 0. The van der Waals surface area contributed by atoms with Gasteiger partial charge in [-0.1, -0.05) is 17.7 Å². The van der Waals surface area contributed by atoms with Gasteiger partial charge in [-0.2, -0.15) is 0 Å². The lowest BCUT2D eigenvalue weighted by molar-refractivity contribution is -0.121. The van der Waals surface area contributed by atoms with Gasteiger partial charge in [-0.15, -0.1) is 12.4 Å². The zero-order valence-corrected chi connectivity index (χ0v) is 11.8. The zero-order chi connectivity index (χ0) is 12.5. The van der Waals surface area contributed by atoms with Crippen molar-refractivity contribution in [3.8, 4) is 5.75 Å². The van der Waals surface area contributed by atoms with Crippen LogP contribution in [0.5, 0.6) is 5.75 Å². The number of nitrogens with one attached hydrogen (secondary N) is 2. The van der Waals surface area contributed by atoms with Gasteiger partial charge in [0.1, 0.15) is 12.4 Å². The number of ether oxygens (including phenoxy) is 1. The third-order valence-electron chi connectivity index (χ3n) is 2.09. The summed E-state index contributed by atoms with van der Waals surface area (Å²) in [7, 11) is 1.82. The van der Waals surface area contributed by atoms with Crippen molar-refractivity contribution in [2.24, 2.45) is 0 Å². The Bertz CT molecular complexity index is 362. The summed E-state index contributed by atoms with van der Waals surface area (Å²) in [5.74, 6) is 0.732. The lowest BCUT2D eigenvalue weighted by atomic mass is 10.3. The predicted molar refractivity (Wildman–Crippen MR) is 75.7 cm³/mol. The Balaban J connectivity index is 0.00000289. The van der Waals surface area contributed by atoms with Crippen LogP contribution in [-0.2, 0) is 4.79 Å². The minimum atomic E-state index is 0. The van der Waals surface area contributed by atoms with Gasteiger partial charge in [0.2, 0.25) is 5.91 Å². The van der Waals surface area contributed by atoms with Crippen LogP contribution in [0.2, 0.25) is 5.02 Å². The van der Waals surface area contributed by atoms with Gasteiger partial charge in [0.25, 0.3) is 0 Å². The number of hydrogen-bond donors (Lipinski definition) is 2. The Labute approximate surface area is 118 Å². The summed E-state index contributed by atoms with van der Waals surface area (Å²) in [6.45, 7) is 1.61. The van der Waals surface area contributed by atoms with E-state index in [1.165, 1.54) is 0 Å². The van der Waals surface area contributed by atoms with E-state index in [1.54, 1.807) is 12.1 Å². The van der Waals surface area contributed by atoms with Crippen LogP contribution in [0.25, 0.3) is 0 Å². The summed E-state index contributed by atoms with van der Waals surface area (Å²) in [4.78, 5) is 11.2. The molecule has 0 bridgehead atoms. The van der Waals surface area contributed by atoms with E-state index in [1.807, 2.05) is 19.2 Å². The molecule has 4 nitrogen and oxygen atoms in total. The van der Waals surface area contributed by atoms with Gasteiger partial charge in [0.15, 0.2) is 0 Å². The third kappa shape index (κ3) is 7.37. The molecule has 1 aromatic rings. The molecule has 0 saturated heterocycles. The number of carbonyl (C=O) groups excluding carboxylic acids is 1. The normalized spacial score (nSPS) is 9.44. The fraction of sp³-hybridized carbons (Fsp3) is 0.417. The maximum Gasteiger partial charge on any atom is 0.221 e. The van der Waals surface area contributed by atoms with Crippen LogP contribution in [0.1, 0.15) is 6.42 Å². The van der Waals surface area contributed by atoms with E-state index >= 15 is 0 Å². The molecule has 2 N–H and O–H groups in total. The smallest absolute Gasteiger partial charge is 0.221 e. The molecule has 1 aromatic carbocycles. The van der Waals surface area contributed by atoms with Crippen molar-refractivity contribution in [3.63, 3.8) is 0 Å². The number of halogens is 2. The van der Waals surface area contributed by atoms with Crippen LogP contribution >= 0.6 is 24.0 Å². The number of carbonyl (C=O) groups is 1. The number of amides is 1. The maximum atomic E-state index is 11.2. The number of rotatable bonds is 7. The fourth-order valence-electron chi connectivity index (χ4n) is 1.24. The Hall–Kier alpha value is -0.970. The van der Waals surface area contributed by atoms with Crippen LogP contribution in [0.3, 0.4) is 0 Å². The molecule has 0 aliphatic rings. The molecule has 1 rings (SSSR count). The average Bonchev–Trinajstić information content (AvgIpc) is 2.32. The minimum Gasteiger partial charge on any atom is -0.492 e. The van der Waals surface area contributed by atoms with E-state index in [0.717, 1.165) is 0 Å². The van der Waals surface area contributed by atoms with E-state index < -0.39 is 0 Å². The van der Waals surface area contributed by atoms with Gasteiger partial charge in [-0.3, -0.25) is 4.79 Å². The quantitative estimate of drug-likeness (QED) is 0.755. The lowest BCUT2D eigenvalue weighted by Crippen LogP contribution is -2.30. The first-order valence-corrected chi connectivity index (χ1v) is 5.90. The highest BCUT2D eigenvalue weighted by Crippen LogP contribution is 2.16. The monoisotopic (exact) mass is 292 g/mol. The first-order chi connectivity index (χ1) is 8.22. The van der Waals surface area contributed by atoms with E-state index in [0.29, 0.717) is 36.9 Å². The van der Waals surface area contributed by atoms with Gasteiger partial charge in [0.05, 0.1) is 6.54 Å². The van der Waals surface area contributed by atoms with Crippen molar-refractivity contribution >= 4 is 29.9 Å². The van der Waals surface area contributed by atoms with Crippen LogP contribution in [0.15, 0.2) is 24.3 Å². The van der Waals surface area contributed by atoms with Gasteiger partial charge >= 0.3 is 0 Å². The van der Waals surface area contributed by atoms with Crippen molar-refractivity contribution < 1.29 is 9.53 Å². The molecule has 0 aliphatic carbocycles. The van der Waals surface area contributed by atoms with Crippen molar-refractivity contribution in [1.29, 1.82) is 0 Å². The molecule has 0 radical (unpaired) electrons. The standard InChI is InChI=1S/C12H17ClN2O2.ClH/c1-14-6-5-12(16)15-7-8-17-11-4-2-3-10(13)9-11;/h2-4,9,14H,5-8H2,1H3,(H,15,16);1H. The predicted octanol–water partition coefficient (Wildman–Crippen LogP) is 1.87. The largest absolute Gasteiger partial charge is 0.492 e. The van der Waals surface area contributed by atoms with Crippen LogP contribution in [0.4, 0.5) is 0 Å². The zero-order valence-electron chi connectivity index (χ0n) is 10.2. The average molecular weight is 293 g/mol. The van der Waals surface area contributed by atoms with Gasteiger partial charge in [0, 0.05) is 18.0 Å². The molecule has 0 atom stereocenters. The highest BCUT2D eigenvalue weighted by molar-refractivity contribution is 6.30. The van der Waals surface area contributed by atoms with Crippen molar-refractivity contribution in [1.82, 2.24) is 10.6 Å². The molecule has 0 heterocycles. The topological polar surface area (TPSA) is 50.4 Å². The molecule has 0 fully saturated rings. The minimum absolute atomic E-state index is 0. The summed E-state index contributed by atoms with van der Waals surface area (Å²) in [6, 6.07) is 7.18. The molecule has 0 aromatic heterocycles. The second-order valence-electron chi connectivity index (χ2n) is 3.51. The second kappa shape index (κ2) is 10.00. The first-order valence-electron chi connectivity index (χ1n) is 5.52. The fourth-order valence-corrected chi connectivity index (χ4v) is 1.42. The van der Waals surface area contributed by atoms with Gasteiger partial charge in [-0.25, -0.2) is 0 Å². The molecule has 18 heavy (non-hydrogen) atoms. The Morgan fingerprint density at radius 3 is 2.83 bits per heavy atom. The summed E-state index contributed by atoms with van der Waals surface area (Å²) >= 11 is 5.81. The van der Waals surface area contributed by atoms with Gasteiger partial charge < -0.3 is 15.4 Å². The highest BCUT2D eigenvalue weighted by Gasteiger charge is 1.99. The molecular formula is C12H18Cl2N2O2. The van der Waals surface area contributed by atoms with Crippen molar-refractivity contribution in [3.05, 3.63) is 29.3 Å². The molecule has 102 valence electrons. The van der Waals surface area contributed by atoms with Crippen LogP contribution in [-0.4, -0.2) is 32.7 Å². The third-order valence-corrected chi connectivity index (χ3v) is 2.33. The SMILES string of the molecule is CNCCC(=O)NCCOc1cccc(Cl)c1.Cl. The van der Waals surface area contributed by atoms with Crippen LogP contribution < -0.4 is 15.4 Å². The lowest BCUT2D eigenvalue weighted by Gasteiger charge is -2.07. The van der Waals surface area contributed by atoms with E-state index in [9.17, 15) is 4.79 Å². The number of hydrogen-bond acceptors (Lipinski definition) is 3. The van der Waals surface area contributed by atoms with Gasteiger partial charge in [-0.05, 0) is 25.2 Å². The molecule has 1 amide bonds. The molecule has 0 saturated carbocycles. The molecular weight excluding hydrogens is 275 g/mol. The van der Waals surface area contributed by atoms with Crippen molar-refractivity contribution in [2.45, 2.75) is 6.42 Å². The van der Waals surface area contributed by atoms with Crippen molar-refractivity contribution in [2.75, 3.05) is 26.7 Å². The van der Waals surface area contributed by atoms with E-state index in [4.69, 9.17) is 16.3 Å².